The van der Waals surface area contributed by atoms with Crippen LogP contribution in [-0.4, -0.2) is 0 Å². The minimum atomic E-state index is 0. The van der Waals surface area contributed by atoms with Crippen LogP contribution in [0, 0.1) is 6.92 Å². The third-order valence-corrected chi connectivity index (χ3v) is 0.854. The maximum Gasteiger partial charge on any atom is 0 e. The van der Waals surface area contributed by atoms with E-state index in [9.17, 15) is 0 Å². The smallest absolute Gasteiger partial charge is 0 e. The molecule has 44 valence electrons. The van der Waals surface area contributed by atoms with E-state index >= 15 is 0 Å². The second-order valence-electron chi connectivity index (χ2n) is 1.56. The standard InChI is InChI=1S/C6H13.W/c1-3-5-6-4-2;/h1,3-6H2,2H3;/q-1;. The van der Waals surface area contributed by atoms with Crippen molar-refractivity contribution in [3.63, 3.8) is 0 Å². The first kappa shape index (κ1) is 10.6. The van der Waals surface area contributed by atoms with E-state index in [-0.39, 0.29) is 21.1 Å². The summed E-state index contributed by atoms with van der Waals surface area (Å²) in [6.45, 7) is 5.93. The Morgan fingerprint density at radius 3 is 2.00 bits per heavy atom. The van der Waals surface area contributed by atoms with Crippen molar-refractivity contribution in [3.8, 4) is 0 Å². The van der Waals surface area contributed by atoms with E-state index in [0.717, 1.165) is 6.42 Å². The molecule has 0 rings (SSSR count). The number of hydrogen-bond acceptors (Lipinski definition) is 0. The molecule has 7 heavy (non-hydrogen) atoms. The average Bonchev–Trinajstić information content (AvgIpc) is 1.61. The Hall–Kier alpha value is 0.688. The van der Waals surface area contributed by atoms with E-state index in [2.05, 4.69) is 13.8 Å². The van der Waals surface area contributed by atoms with E-state index in [1.54, 1.807) is 0 Å². The quantitative estimate of drug-likeness (QED) is 0.545. The Morgan fingerprint density at radius 1 is 1.29 bits per heavy atom. The summed E-state index contributed by atoms with van der Waals surface area (Å²) in [5, 5.41) is 0. The van der Waals surface area contributed by atoms with Gasteiger partial charge in [-0.3, -0.25) is 0 Å². The summed E-state index contributed by atoms with van der Waals surface area (Å²) in [5.41, 5.74) is 0. The van der Waals surface area contributed by atoms with Gasteiger partial charge in [-0.05, 0) is 0 Å². The minimum Gasteiger partial charge on any atom is -0.343 e. The van der Waals surface area contributed by atoms with Crippen LogP contribution in [0.4, 0.5) is 0 Å². The summed E-state index contributed by atoms with van der Waals surface area (Å²) >= 11 is 0. The van der Waals surface area contributed by atoms with Gasteiger partial charge in [0, 0.05) is 21.1 Å². The van der Waals surface area contributed by atoms with Crippen LogP contribution in [0.5, 0.6) is 0 Å². The Bertz CT molecular complexity index is 16.1. The molecule has 0 aromatic heterocycles. The van der Waals surface area contributed by atoms with Crippen molar-refractivity contribution in [1.82, 2.24) is 0 Å². The summed E-state index contributed by atoms with van der Waals surface area (Å²) in [5.74, 6) is 0. The first-order valence-corrected chi connectivity index (χ1v) is 2.71. The van der Waals surface area contributed by atoms with Crippen LogP contribution in [0.15, 0.2) is 0 Å². The van der Waals surface area contributed by atoms with Crippen molar-refractivity contribution in [2.24, 2.45) is 0 Å². The van der Waals surface area contributed by atoms with Crippen molar-refractivity contribution in [1.29, 1.82) is 0 Å². The summed E-state index contributed by atoms with van der Waals surface area (Å²) in [4.78, 5) is 0. The molecule has 0 spiro atoms. The first-order valence-electron chi connectivity index (χ1n) is 2.71. The van der Waals surface area contributed by atoms with Crippen LogP contribution in [0.3, 0.4) is 0 Å². The molecule has 0 fully saturated rings. The maximum absolute atomic E-state index is 3.72. The number of hydrogen-bond donors (Lipinski definition) is 0. The molecule has 0 saturated heterocycles. The van der Waals surface area contributed by atoms with Crippen molar-refractivity contribution < 1.29 is 21.1 Å². The molecule has 0 aliphatic rings. The fourth-order valence-electron chi connectivity index (χ4n) is 0.427. The molecule has 1 heteroatoms. The van der Waals surface area contributed by atoms with Gasteiger partial charge in [0.25, 0.3) is 0 Å². The van der Waals surface area contributed by atoms with Gasteiger partial charge in [-0.25, -0.2) is 0 Å². The summed E-state index contributed by atoms with van der Waals surface area (Å²) in [6.07, 6.45) is 5.07. The Morgan fingerprint density at radius 2 is 1.86 bits per heavy atom. The molecule has 0 bridgehead atoms. The van der Waals surface area contributed by atoms with Crippen LogP contribution >= 0.6 is 0 Å². The Kier molecular flexibility index (Phi) is 15.0. The first-order chi connectivity index (χ1) is 2.91. The SMILES string of the molecule is [CH2-]CCCCC.[W]. The molecule has 0 aliphatic heterocycles. The molecule has 0 aromatic rings. The van der Waals surface area contributed by atoms with E-state index in [0.29, 0.717) is 0 Å². The van der Waals surface area contributed by atoms with E-state index < -0.39 is 0 Å². The van der Waals surface area contributed by atoms with Crippen molar-refractivity contribution >= 4 is 0 Å². The van der Waals surface area contributed by atoms with Gasteiger partial charge in [0.2, 0.25) is 0 Å². The second-order valence-corrected chi connectivity index (χ2v) is 1.56. The summed E-state index contributed by atoms with van der Waals surface area (Å²) < 4.78 is 0. The zero-order valence-electron chi connectivity index (χ0n) is 4.94. The predicted octanol–water partition coefficient (Wildman–Crippen LogP) is 2.40. The Balaban J connectivity index is 0. The summed E-state index contributed by atoms with van der Waals surface area (Å²) in [7, 11) is 0. The van der Waals surface area contributed by atoms with Crippen LogP contribution in [0.25, 0.3) is 0 Å². The molecule has 0 saturated carbocycles. The van der Waals surface area contributed by atoms with Gasteiger partial charge < -0.3 is 6.92 Å². The molecule has 0 aliphatic carbocycles. The van der Waals surface area contributed by atoms with Crippen LogP contribution < -0.4 is 0 Å². The topological polar surface area (TPSA) is 0 Å². The van der Waals surface area contributed by atoms with Gasteiger partial charge >= 0.3 is 0 Å². The zero-order chi connectivity index (χ0) is 4.83. The van der Waals surface area contributed by atoms with Gasteiger partial charge in [0.1, 0.15) is 0 Å². The van der Waals surface area contributed by atoms with Gasteiger partial charge in [0.15, 0.2) is 0 Å². The van der Waals surface area contributed by atoms with E-state index in [1.165, 1.54) is 19.3 Å². The van der Waals surface area contributed by atoms with Gasteiger partial charge in [-0.2, -0.15) is 6.42 Å². The van der Waals surface area contributed by atoms with Crippen molar-refractivity contribution in [2.75, 3.05) is 0 Å². The molecule has 0 unspecified atom stereocenters. The molecule has 0 nitrogen and oxygen atoms in total. The molecule has 0 atom stereocenters. The maximum atomic E-state index is 3.72. The van der Waals surface area contributed by atoms with Crippen LogP contribution in [0.2, 0.25) is 0 Å². The van der Waals surface area contributed by atoms with Gasteiger partial charge in [0.05, 0.1) is 0 Å². The minimum absolute atomic E-state index is 0. The fraction of sp³-hybridized carbons (Fsp3) is 0.833. The molecular formula is C6H13W-. The third-order valence-electron chi connectivity index (χ3n) is 0.854. The fourth-order valence-corrected chi connectivity index (χ4v) is 0.427. The largest absolute Gasteiger partial charge is 0.343 e. The van der Waals surface area contributed by atoms with Crippen molar-refractivity contribution in [2.45, 2.75) is 32.6 Å². The van der Waals surface area contributed by atoms with E-state index in [4.69, 9.17) is 0 Å². The average molecular weight is 269 g/mol. The van der Waals surface area contributed by atoms with Crippen LogP contribution in [0.1, 0.15) is 32.6 Å². The van der Waals surface area contributed by atoms with Gasteiger partial charge in [-0.1, -0.05) is 26.2 Å². The molecule has 0 aromatic carbocycles. The monoisotopic (exact) mass is 269 g/mol. The Labute approximate surface area is 61.0 Å². The zero-order valence-corrected chi connectivity index (χ0v) is 7.88. The second kappa shape index (κ2) is 9.85. The third kappa shape index (κ3) is 10.8. The molecular weight excluding hydrogens is 256 g/mol. The molecule has 0 N–H and O–H groups in total. The van der Waals surface area contributed by atoms with Crippen LogP contribution in [-0.2, 0) is 21.1 Å². The molecule has 0 radical (unpaired) electrons. The predicted molar refractivity (Wildman–Crippen MR) is 29.5 cm³/mol. The molecule has 0 heterocycles. The summed E-state index contributed by atoms with van der Waals surface area (Å²) in [6, 6.07) is 0. The normalized spacial score (nSPS) is 7.71. The number of rotatable bonds is 3. The molecule has 0 amide bonds. The number of unbranched alkanes of at least 4 members (excludes halogenated alkanes) is 3. The van der Waals surface area contributed by atoms with Gasteiger partial charge in [-0.15, -0.1) is 0 Å². The van der Waals surface area contributed by atoms with E-state index in [1.807, 2.05) is 0 Å². The van der Waals surface area contributed by atoms with Crippen molar-refractivity contribution in [3.05, 3.63) is 6.92 Å².